The van der Waals surface area contributed by atoms with E-state index < -0.39 is 0 Å². The van der Waals surface area contributed by atoms with Crippen LogP contribution in [0, 0.1) is 5.92 Å². The molecule has 1 fully saturated rings. The molecular weight excluding hydrogens is 192 g/mol. The summed E-state index contributed by atoms with van der Waals surface area (Å²) < 4.78 is 0. The average molecular weight is 220 g/mol. The maximum Gasteiger partial charge on any atom is -0.00761 e. The van der Waals surface area contributed by atoms with Crippen molar-refractivity contribution in [3.8, 4) is 0 Å². The standard InChI is InChI=1S/C14H22.C2H6/c1-4-8-12(3)11-14-10-7-6-9-13(14)5-2;1-2/h4-5,8,11-12H,6-7,9-10H2,1-3H3;1-2H3/b8-4-,13-5-,14-11-;. The van der Waals surface area contributed by atoms with Crippen molar-refractivity contribution < 1.29 is 0 Å². The molecule has 1 aliphatic carbocycles. The van der Waals surface area contributed by atoms with Gasteiger partial charge in [0.05, 0.1) is 0 Å². The molecule has 0 saturated heterocycles. The van der Waals surface area contributed by atoms with E-state index in [9.17, 15) is 0 Å². The molecule has 0 aromatic heterocycles. The van der Waals surface area contributed by atoms with Gasteiger partial charge in [-0.1, -0.05) is 45.1 Å². The Morgan fingerprint density at radius 2 is 1.56 bits per heavy atom. The lowest BCUT2D eigenvalue weighted by atomic mass is 9.87. The maximum atomic E-state index is 2.43. The molecule has 1 aliphatic rings. The first-order valence-corrected chi connectivity index (χ1v) is 6.77. The minimum atomic E-state index is 0.586. The Morgan fingerprint density at radius 1 is 1.00 bits per heavy atom. The van der Waals surface area contributed by atoms with Gasteiger partial charge in [-0.3, -0.25) is 0 Å². The van der Waals surface area contributed by atoms with Gasteiger partial charge in [0, 0.05) is 0 Å². The molecule has 0 bridgehead atoms. The molecule has 0 heterocycles. The van der Waals surface area contributed by atoms with Gasteiger partial charge in [-0.15, -0.1) is 0 Å². The molecule has 0 heteroatoms. The second kappa shape index (κ2) is 9.45. The van der Waals surface area contributed by atoms with E-state index in [-0.39, 0.29) is 0 Å². The molecule has 0 amide bonds. The van der Waals surface area contributed by atoms with Crippen molar-refractivity contribution in [1.82, 2.24) is 0 Å². The molecule has 0 radical (unpaired) electrons. The molecule has 0 aromatic carbocycles. The lowest BCUT2D eigenvalue weighted by Gasteiger charge is -2.18. The first-order valence-electron chi connectivity index (χ1n) is 6.77. The third kappa shape index (κ3) is 5.34. The highest BCUT2D eigenvalue weighted by Gasteiger charge is 2.10. The monoisotopic (exact) mass is 220 g/mol. The predicted molar refractivity (Wildman–Crippen MR) is 75.6 cm³/mol. The summed E-state index contributed by atoms with van der Waals surface area (Å²) in [5.74, 6) is 0.586. The highest BCUT2D eigenvalue weighted by atomic mass is 14.2. The highest BCUT2D eigenvalue weighted by Crippen LogP contribution is 2.29. The Kier molecular flexibility index (Phi) is 8.99. The van der Waals surface area contributed by atoms with E-state index >= 15 is 0 Å². The fourth-order valence-electron chi connectivity index (χ4n) is 2.15. The van der Waals surface area contributed by atoms with E-state index in [0.29, 0.717) is 5.92 Å². The second-order valence-electron chi connectivity index (χ2n) is 4.10. The summed E-state index contributed by atoms with van der Waals surface area (Å²) in [5, 5.41) is 0. The summed E-state index contributed by atoms with van der Waals surface area (Å²) in [5.41, 5.74) is 3.16. The fourth-order valence-corrected chi connectivity index (χ4v) is 2.15. The second-order valence-corrected chi connectivity index (χ2v) is 4.10. The molecular formula is C16H28. The largest absolute Gasteiger partial charge is 0.0911 e. The van der Waals surface area contributed by atoms with Gasteiger partial charge in [0.25, 0.3) is 0 Å². The smallest absolute Gasteiger partial charge is 0.00761 e. The maximum absolute atomic E-state index is 2.43. The quantitative estimate of drug-likeness (QED) is 0.526. The summed E-state index contributed by atoms with van der Waals surface area (Å²) in [6.07, 6.45) is 14.4. The van der Waals surface area contributed by atoms with Crippen molar-refractivity contribution in [3.63, 3.8) is 0 Å². The van der Waals surface area contributed by atoms with Gasteiger partial charge >= 0.3 is 0 Å². The molecule has 92 valence electrons. The van der Waals surface area contributed by atoms with Gasteiger partial charge in [-0.25, -0.2) is 0 Å². The van der Waals surface area contributed by atoms with Crippen LogP contribution in [0.15, 0.2) is 35.5 Å². The fraction of sp³-hybridized carbons (Fsp3) is 0.625. The van der Waals surface area contributed by atoms with Crippen molar-refractivity contribution in [1.29, 1.82) is 0 Å². The number of hydrogen-bond donors (Lipinski definition) is 0. The SMILES string of the molecule is C/C=C\C(C)/C=C1/CCCC/C1=C/C.CC. The van der Waals surface area contributed by atoms with E-state index in [4.69, 9.17) is 0 Å². The van der Waals surface area contributed by atoms with Crippen molar-refractivity contribution in [2.45, 2.75) is 60.3 Å². The Balaban J connectivity index is 0.00000106. The Bertz CT molecular complexity index is 253. The predicted octanol–water partition coefficient (Wildman–Crippen LogP) is 5.67. The molecule has 0 aliphatic heterocycles. The number of allylic oxidation sites excluding steroid dienone is 6. The zero-order valence-electron chi connectivity index (χ0n) is 11.7. The van der Waals surface area contributed by atoms with Crippen molar-refractivity contribution in [2.75, 3.05) is 0 Å². The van der Waals surface area contributed by atoms with E-state index in [1.165, 1.54) is 25.7 Å². The summed E-state index contributed by atoms with van der Waals surface area (Å²) in [6, 6.07) is 0. The van der Waals surface area contributed by atoms with Crippen LogP contribution in [0.25, 0.3) is 0 Å². The van der Waals surface area contributed by atoms with Crippen LogP contribution in [0.3, 0.4) is 0 Å². The van der Waals surface area contributed by atoms with E-state index in [1.807, 2.05) is 13.8 Å². The summed E-state index contributed by atoms with van der Waals surface area (Å²) in [4.78, 5) is 0. The van der Waals surface area contributed by atoms with Crippen LogP contribution >= 0.6 is 0 Å². The van der Waals surface area contributed by atoms with Gasteiger partial charge in [0.2, 0.25) is 0 Å². The molecule has 1 unspecified atom stereocenters. The van der Waals surface area contributed by atoms with Crippen LogP contribution in [0.1, 0.15) is 60.3 Å². The van der Waals surface area contributed by atoms with Gasteiger partial charge in [0.15, 0.2) is 0 Å². The first-order chi connectivity index (χ1) is 7.77. The van der Waals surface area contributed by atoms with Crippen molar-refractivity contribution in [3.05, 3.63) is 35.5 Å². The third-order valence-electron chi connectivity index (χ3n) is 2.86. The molecule has 0 N–H and O–H groups in total. The molecule has 0 aromatic rings. The van der Waals surface area contributed by atoms with Crippen LogP contribution in [0.5, 0.6) is 0 Å². The molecule has 1 saturated carbocycles. The normalized spacial score (nSPS) is 23.3. The van der Waals surface area contributed by atoms with Gasteiger partial charge in [0.1, 0.15) is 0 Å². The zero-order chi connectivity index (χ0) is 12.4. The Morgan fingerprint density at radius 3 is 2.06 bits per heavy atom. The van der Waals surface area contributed by atoms with Crippen molar-refractivity contribution in [2.24, 2.45) is 5.92 Å². The molecule has 0 nitrogen and oxygen atoms in total. The molecule has 16 heavy (non-hydrogen) atoms. The summed E-state index contributed by atoms with van der Waals surface area (Å²) in [7, 11) is 0. The summed E-state index contributed by atoms with van der Waals surface area (Å²) >= 11 is 0. The Hall–Kier alpha value is -0.780. The lowest BCUT2D eigenvalue weighted by molar-refractivity contribution is 0.671. The Labute approximate surface area is 102 Å². The molecule has 1 atom stereocenters. The zero-order valence-corrected chi connectivity index (χ0v) is 11.7. The number of hydrogen-bond acceptors (Lipinski definition) is 0. The van der Waals surface area contributed by atoms with Gasteiger partial charge < -0.3 is 0 Å². The van der Waals surface area contributed by atoms with Crippen LogP contribution in [-0.4, -0.2) is 0 Å². The summed E-state index contributed by atoms with van der Waals surface area (Å²) in [6.45, 7) is 10.5. The van der Waals surface area contributed by atoms with Gasteiger partial charge in [-0.2, -0.15) is 0 Å². The van der Waals surface area contributed by atoms with Crippen LogP contribution in [0.4, 0.5) is 0 Å². The minimum absolute atomic E-state index is 0.586. The average Bonchev–Trinajstić information content (AvgIpc) is 2.32. The molecule has 1 rings (SSSR count). The van der Waals surface area contributed by atoms with Gasteiger partial charge in [-0.05, 0) is 56.6 Å². The highest BCUT2D eigenvalue weighted by molar-refractivity contribution is 5.33. The van der Waals surface area contributed by atoms with E-state index in [1.54, 1.807) is 11.1 Å². The first kappa shape index (κ1) is 15.2. The van der Waals surface area contributed by atoms with Crippen LogP contribution in [0.2, 0.25) is 0 Å². The lowest BCUT2D eigenvalue weighted by Crippen LogP contribution is -2.00. The minimum Gasteiger partial charge on any atom is -0.0911 e. The number of rotatable bonds is 2. The van der Waals surface area contributed by atoms with Crippen LogP contribution < -0.4 is 0 Å². The third-order valence-corrected chi connectivity index (χ3v) is 2.86. The van der Waals surface area contributed by atoms with E-state index in [0.717, 1.165) is 0 Å². The topological polar surface area (TPSA) is 0 Å². The van der Waals surface area contributed by atoms with Crippen molar-refractivity contribution >= 4 is 0 Å². The van der Waals surface area contributed by atoms with Crippen LogP contribution in [-0.2, 0) is 0 Å². The van der Waals surface area contributed by atoms with E-state index in [2.05, 4.69) is 45.1 Å². The molecule has 0 spiro atoms.